The van der Waals surface area contributed by atoms with Gasteiger partial charge in [0.05, 0.1) is 5.69 Å². The normalized spacial score (nSPS) is 26.1. The lowest BCUT2D eigenvalue weighted by Crippen LogP contribution is -2.26. The summed E-state index contributed by atoms with van der Waals surface area (Å²) in [5.74, 6) is 1.83. The lowest BCUT2D eigenvalue weighted by Gasteiger charge is -2.11. The average molecular weight is 208 g/mol. The van der Waals surface area contributed by atoms with E-state index in [1.165, 1.54) is 24.8 Å². The molecule has 3 nitrogen and oxygen atoms in total. The molecule has 1 N–H and O–H groups in total. The van der Waals surface area contributed by atoms with Crippen LogP contribution in [0.5, 0.6) is 0 Å². The van der Waals surface area contributed by atoms with E-state index in [-0.39, 0.29) is 0 Å². The first kappa shape index (κ1) is 10.7. The lowest BCUT2D eigenvalue weighted by atomic mass is 10.1. The molecule has 2 atom stereocenters. The van der Waals surface area contributed by atoms with E-state index in [2.05, 4.69) is 17.4 Å². The molecule has 1 aliphatic carbocycles. The van der Waals surface area contributed by atoms with Gasteiger partial charge in [0.2, 0.25) is 0 Å². The molecule has 1 aromatic heterocycles. The fraction of sp³-hybridized carbons (Fsp3) is 0.750. The van der Waals surface area contributed by atoms with Gasteiger partial charge in [-0.1, -0.05) is 12.1 Å². The topological polar surface area (TPSA) is 38.1 Å². The Morgan fingerprint density at radius 3 is 2.73 bits per heavy atom. The van der Waals surface area contributed by atoms with Crippen molar-refractivity contribution in [3.63, 3.8) is 0 Å². The maximum Gasteiger partial charge on any atom is 0.138 e. The Morgan fingerprint density at radius 1 is 1.40 bits per heavy atom. The van der Waals surface area contributed by atoms with Gasteiger partial charge < -0.3 is 9.84 Å². The van der Waals surface area contributed by atoms with Gasteiger partial charge in [-0.05, 0) is 39.0 Å². The van der Waals surface area contributed by atoms with E-state index < -0.39 is 0 Å². The molecule has 1 fully saturated rings. The molecule has 0 aromatic carbocycles. The summed E-state index contributed by atoms with van der Waals surface area (Å²) in [7, 11) is 0. The van der Waals surface area contributed by atoms with Crippen molar-refractivity contribution < 1.29 is 4.52 Å². The summed E-state index contributed by atoms with van der Waals surface area (Å²) in [6.07, 6.45) is 3.98. The first-order valence-electron chi connectivity index (χ1n) is 5.82. The van der Waals surface area contributed by atoms with E-state index in [1.807, 2.05) is 13.8 Å². The van der Waals surface area contributed by atoms with E-state index in [0.717, 1.165) is 23.9 Å². The summed E-state index contributed by atoms with van der Waals surface area (Å²) in [6.45, 7) is 7.22. The molecule has 0 spiro atoms. The molecule has 3 heteroatoms. The van der Waals surface area contributed by atoms with Crippen LogP contribution >= 0.6 is 0 Å². The molecule has 0 unspecified atom stereocenters. The molecule has 0 amide bonds. The van der Waals surface area contributed by atoms with E-state index in [4.69, 9.17) is 4.52 Å². The summed E-state index contributed by atoms with van der Waals surface area (Å²) in [5.41, 5.74) is 2.25. The first-order valence-corrected chi connectivity index (χ1v) is 5.82. The third-order valence-electron chi connectivity index (χ3n) is 3.44. The van der Waals surface area contributed by atoms with Crippen LogP contribution in [0.2, 0.25) is 0 Å². The molecule has 0 aliphatic heterocycles. The van der Waals surface area contributed by atoms with Crippen LogP contribution in [0.3, 0.4) is 0 Å². The van der Waals surface area contributed by atoms with E-state index in [1.54, 1.807) is 0 Å². The molecule has 1 saturated carbocycles. The smallest absolute Gasteiger partial charge is 0.138 e. The zero-order valence-corrected chi connectivity index (χ0v) is 9.84. The zero-order chi connectivity index (χ0) is 10.8. The van der Waals surface area contributed by atoms with Crippen molar-refractivity contribution in [1.82, 2.24) is 10.5 Å². The average Bonchev–Trinajstić information content (AvgIpc) is 2.73. The highest BCUT2D eigenvalue weighted by atomic mass is 16.5. The molecule has 84 valence electrons. The summed E-state index contributed by atoms with van der Waals surface area (Å²) < 4.78 is 5.14. The van der Waals surface area contributed by atoms with Gasteiger partial charge >= 0.3 is 0 Å². The van der Waals surface area contributed by atoms with Crippen LogP contribution < -0.4 is 5.32 Å². The van der Waals surface area contributed by atoms with E-state index in [9.17, 15) is 0 Å². The highest BCUT2D eigenvalue weighted by molar-refractivity contribution is 5.20. The fourth-order valence-electron chi connectivity index (χ4n) is 2.39. The Bertz CT molecular complexity index is 313. The van der Waals surface area contributed by atoms with Crippen LogP contribution in [0.4, 0.5) is 0 Å². The van der Waals surface area contributed by atoms with Gasteiger partial charge in [0.1, 0.15) is 5.76 Å². The van der Waals surface area contributed by atoms with E-state index >= 15 is 0 Å². The third kappa shape index (κ3) is 2.40. The Balaban J connectivity index is 1.88. The van der Waals surface area contributed by atoms with E-state index in [0.29, 0.717) is 6.04 Å². The number of rotatable bonds is 3. The number of aromatic nitrogens is 1. The van der Waals surface area contributed by atoms with Crippen molar-refractivity contribution in [2.24, 2.45) is 5.92 Å². The van der Waals surface area contributed by atoms with Gasteiger partial charge in [-0.2, -0.15) is 0 Å². The van der Waals surface area contributed by atoms with Crippen molar-refractivity contribution in [3.05, 3.63) is 17.0 Å². The van der Waals surface area contributed by atoms with Crippen molar-refractivity contribution >= 4 is 0 Å². The van der Waals surface area contributed by atoms with Crippen molar-refractivity contribution in [1.29, 1.82) is 0 Å². The van der Waals surface area contributed by atoms with Crippen LogP contribution in [-0.4, -0.2) is 11.2 Å². The molecule has 1 heterocycles. The van der Waals surface area contributed by atoms with Gasteiger partial charge in [-0.15, -0.1) is 0 Å². The molecule has 2 rings (SSSR count). The first-order chi connectivity index (χ1) is 7.16. The third-order valence-corrected chi connectivity index (χ3v) is 3.44. The van der Waals surface area contributed by atoms with Crippen molar-refractivity contribution in [3.8, 4) is 0 Å². The summed E-state index contributed by atoms with van der Waals surface area (Å²) in [5, 5.41) is 7.56. The van der Waals surface area contributed by atoms with Gasteiger partial charge in [-0.3, -0.25) is 0 Å². The Kier molecular flexibility index (Phi) is 3.10. The standard InChI is InChI=1S/C12H20N2O/c1-8-4-5-11(6-8)13-7-12-9(2)14-15-10(12)3/h8,11,13H,4-7H2,1-3H3/t8-,11-/m0/s1. The Hall–Kier alpha value is -0.830. The predicted octanol–water partition coefficient (Wildman–Crippen LogP) is 2.57. The second-order valence-electron chi connectivity index (χ2n) is 4.80. The molecule has 15 heavy (non-hydrogen) atoms. The maximum absolute atomic E-state index is 5.14. The summed E-state index contributed by atoms with van der Waals surface area (Å²) in [6, 6.07) is 0.689. The van der Waals surface area contributed by atoms with Gasteiger partial charge in [0.25, 0.3) is 0 Å². The summed E-state index contributed by atoms with van der Waals surface area (Å²) in [4.78, 5) is 0. The number of aryl methyl sites for hydroxylation is 2. The number of hydrogen-bond acceptors (Lipinski definition) is 3. The minimum atomic E-state index is 0.689. The molecular formula is C12H20N2O. The SMILES string of the molecule is Cc1noc(C)c1CN[C@H]1CC[C@H](C)C1. The second-order valence-corrected chi connectivity index (χ2v) is 4.80. The highest BCUT2D eigenvalue weighted by Gasteiger charge is 2.21. The van der Waals surface area contributed by atoms with Gasteiger partial charge in [-0.25, -0.2) is 0 Å². The fourth-order valence-corrected chi connectivity index (χ4v) is 2.39. The molecule has 1 aliphatic rings. The zero-order valence-electron chi connectivity index (χ0n) is 9.84. The van der Waals surface area contributed by atoms with Gasteiger partial charge in [0.15, 0.2) is 0 Å². The lowest BCUT2D eigenvalue weighted by molar-refractivity contribution is 0.391. The largest absolute Gasteiger partial charge is 0.361 e. The quantitative estimate of drug-likeness (QED) is 0.829. The Morgan fingerprint density at radius 2 is 2.20 bits per heavy atom. The van der Waals surface area contributed by atoms with Crippen LogP contribution in [0.15, 0.2) is 4.52 Å². The molecule has 0 bridgehead atoms. The number of nitrogens with zero attached hydrogens (tertiary/aromatic N) is 1. The van der Waals surface area contributed by atoms with Crippen LogP contribution in [0, 0.1) is 19.8 Å². The highest BCUT2D eigenvalue weighted by Crippen LogP contribution is 2.25. The Labute approximate surface area is 91.2 Å². The number of hydrogen-bond donors (Lipinski definition) is 1. The van der Waals surface area contributed by atoms with Crippen LogP contribution in [-0.2, 0) is 6.54 Å². The monoisotopic (exact) mass is 208 g/mol. The van der Waals surface area contributed by atoms with Gasteiger partial charge in [0, 0.05) is 18.2 Å². The molecule has 0 saturated heterocycles. The van der Waals surface area contributed by atoms with Crippen molar-refractivity contribution in [2.75, 3.05) is 0 Å². The molecular weight excluding hydrogens is 188 g/mol. The maximum atomic E-state index is 5.14. The molecule has 1 aromatic rings. The predicted molar refractivity (Wildman–Crippen MR) is 59.6 cm³/mol. The minimum absolute atomic E-state index is 0.689. The van der Waals surface area contributed by atoms with Crippen molar-refractivity contribution in [2.45, 2.75) is 52.6 Å². The molecule has 0 radical (unpaired) electrons. The van der Waals surface area contributed by atoms with Crippen LogP contribution in [0.25, 0.3) is 0 Å². The summed E-state index contributed by atoms with van der Waals surface area (Å²) >= 11 is 0. The second kappa shape index (κ2) is 4.35. The van der Waals surface area contributed by atoms with Crippen LogP contribution in [0.1, 0.15) is 43.2 Å². The minimum Gasteiger partial charge on any atom is -0.361 e. The number of nitrogens with one attached hydrogen (secondary N) is 1.